The Labute approximate surface area is 190 Å². The fourth-order valence-electron chi connectivity index (χ4n) is 2.70. The molecule has 3 aromatic rings. The van der Waals surface area contributed by atoms with Crippen LogP contribution in [0.1, 0.15) is 18.7 Å². The SMILES string of the molecule is CC(=O)Nc1ccc(N=Nc2ccc(Oc3ccc(C(F)C(F)(F)C(F)(F)F)cc3)cc2)cc1. The molecule has 5 nitrogen and oxygen atoms in total. The monoisotopic (exact) mass is 481 g/mol. The van der Waals surface area contributed by atoms with Crippen molar-refractivity contribution in [3.05, 3.63) is 78.4 Å². The summed E-state index contributed by atoms with van der Waals surface area (Å²) in [5, 5.41) is 10.8. The Morgan fingerprint density at radius 3 is 1.68 bits per heavy atom. The highest BCUT2D eigenvalue weighted by atomic mass is 19.4. The molecule has 0 fully saturated rings. The standard InChI is InChI=1S/C23H17F6N3O2/c1-14(33)30-16-4-6-17(7-5-16)31-32-18-8-12-20(13-9-18)34-19-10-2-15(3-11-19)21(24)22(25,26)23(27,28)29/h2-13,21H,1H3,(H,30,33). The predicted octanol–water partition coefficient (Wildman–Crippen LogP) is 8.06. The third kappa shape index (κ3) is 6.12. The van der Waals surface area contributed by atoms with E-state index >= 15 is 0 Å². The summed E-state index contributed by atoms with van der Waals surface area (Å²) in [6.07, 6.45) is -9.54. The zero-order chi connectivity index (χ0) is 24.9. The summed E-state index contributed by atoms with van der Waals surface area (Å²) in [5.74, 6) is -5.27. The molecule has 0 radical (unpaired) electrons. The second-order valence-electron chi connectivity index (χ2n) is 7.08. The largest absolute Gasteiger partial charge is 0.457 e. The van der Waals surface area contributed by atoms with Crippen LogP contribution in [0.2, 0.25) is 0 Å². The minimum atomic E-state index is -6.00. The van der Waals surface area contributed by atoms with Crippen molar-refractivity contribution < 1.29 is 35.9 Å². The minimum absolute atomic E-state index is 0.111. The van der Waals surface area contributed by atoms with Crippen LogP contribution in [0.15, 0.2) is 83.0 Å². The maximum Gasteiger partial charge on any atom is 0.456 e. The van der Waals surface area contributed by atoms with Gasteiger partial charge in [-0.2, -0.15) is 32.2 Å². The molecule has 0 saturated carbocycles. The molecule has 3 rings (SSSR count). The Morgan fingerprint density at radius 1 is 0.794 bits per heavy atom. The van der Waals surface area contributed by atoms with Gasteiger partial charge in [-0.25, -0.2) is 4.39 Å². The van der Waals surface area contributed by atoms with Crippen molar-refractivity contribution in [3.63, 3.8) is 0 Å². The molecule has 1 atom stereocenters. The van der Waals surface area contributed by atoms with Crippen molar-refractivity contribution in [1.29, 1.82) is 0 Å². The summed E-state index contributed by atoms with van der Waals surface area (Å²) in [5.41, 5.74) is 0.840. The van der Waals surface area contributed by atoms with Gasteiger partial charge in [0.1, 0.15) is 11.5 Å². The van der Waals surface area contributed by atoms with Crippen molar-refractivity contribution in [2.75, 3.05) is 5.32 Å². The predicted molar refractivity (Wildman–Crippen MR) is 113 cm³/mol. The lowest BCUT2D eigenvalue weighted by molar-refractivity contribution is -0.305. The number of azo groups is 1. The number of anilines is 1. The third-order valence-electron chi connectivity index (χ3n) is 4.41. The van der Waals surface area contributed by atoms with Crippen LogP contribution in [0.3, 0.4) is 0 Å². The number of ether oxygens (including phenoxy) is 1. The lowest BCUT2D eigenvalue weighted by Gasteiger charge is -2.23. The quantitative estimate of drug-likeness (QED) is 0.274. The summed E-state index contributed by atoms with van der Waals surface area (Å²) in [7, 11) is 0. The van der Waals surface area contributed by atoms with E-state index in [1.165, 1.54) is 19.1 Å². The highest BCUT2D eigenvalue weighted by Crippen LogP contribution is 2.46. The first-order valence-electron chi connectivity index (χ1n) is 9.71. The molecule has 11 heteroatoms. The maximum atomic E-state index is 13.7. The van der Waals surface area contributed by atoms with Gasteiger partial charge in [-0.15, -0.1) is 0 Å². The molecule has 0 aromatic heterocycles. The average Bonchev–Trinajstić information content (AvgIpc) is 2.78. The van der Waals surface area contributed by atoms with Gasteiger partial charge in [-0.1, -0.05) is 12.1 Å². The zero-order valence-electron chi connectivity index (χ0n) is 17.5. The van der Waals surface area contributed by atoms with Crippen LogP contribution >= 0.6 is 0 Å². The Hall–Kier alpha value is -3.89. The summed E-state index contributed by atoms with van der Waals surface area (Å²) < 4.78 is 82.6. The van der Waals surface area contributed by atoms with E-state index in [0.29, 0.717) is 22.8 Å². The minimum Gasteiger partial charge on any atom is -0.457 e. The number of hydrogen-bond donors (Lipinski definition) is 1. The highest BCUT2D eigenvalue weighted by molar-refractivity contribution is 5.88. The van der Waals surface area contributed by atoms with Crippen LogP contribution < -0.4 is 10.1 Å². The smallest absolute Gasteiger partial charge is 0.456 e. The number of nitrogens with zero attached hydrogens (tertiary/aromatic N) is 2. The van der Waals surface area contributed by atoms with E-state index in [9.17, 15) is 31.1 Å². The molecule has 0 aliphatic heterocycles. The molecule has 1 amide bonds. The number of hydrogen-bond acceptors (Lipinski definition) is 4. The Morgan fingerprint density at radius 2 is 1.24 bits per heavy atom. The number of carbonyl (C=O) groups excluding carboxylic acids is 1. The van der Waals surface area contributed by atoms with Crippen LogP contribution in [0.4, 0.5) is 43.4 Å². The van der Waals surface area contributed by atoms with E-state index in [4.69, 9.17) is 4.74 Å². The fourth-order valence-corrected chi connectivity index (χ4v) is 2.70. The molecule has 0 heterocycles. The molecule has 0 aliphatic rings. The van der Waals surface area contributed by atoms with Crippen LogP contribution in [-0.2, 0) is 4.79 Å². The first-order valence-corrected chi connectivity index (χ1v) is 9.71. The molecule has 0 aliphatic carbocycles. The Bertz CT molecular complexity index is 1150. The first kappa shape index (κ1) is 24.7. The number of rotatable bonds is 7. The second-order valence-corrected chi connectivity index (χ2v) is 7.08. The number of alkyl halides is 6. The van der Waals surface area contributed by atoms with Gasteiger partial charge in [0.05, 0.1) is 11.4 Å². The van der Waals surface area contributed by atoms with Gasteiger partial charge in [0, 0.05) is 12.6 Å². The molecule has 0 bridgehead atoms. The van der Waals surface area contributed by atoms with Crippen LogP contribution in [-0.4, -0.2) is 18.0 Å². The van der Waals surface area contributed by atoms with Gasteiger partial charge < -0.3 is 10.1 Å². The Balaban J connectivity index is 1.61. The summed E-state index contributed by atoms with van der Waals surface area (Å²) in [6, 6.07) is 16.7. The molecule has 3 aromatic carbocycles. The van der Waals surface area contributed by atoms with E-state index in [1.54, 1.807) is 36.4 Å². The molecule has 0 spiro atoms. The summed E-state index contributed by atoms with van der Waals surface area (Å²) in [6.45, 7) is 1.40. The van der Waals surface area contributed by atoms with Crippen LogP contribution in [0.5, 0.6) is 11.5 Å². The van der Waals surface area contributed by atoms with Crippen LogP contribution in [0, 0.1) is 0 Å². The van der Waals surface area contributed by atoms with Crippen molar-refractivity contribution in [1.82, 2.24) is 0 Å². The number of halogens is 6. The average molecular weight is 481 g/mol. The van der Waals surface area contributed by atoms with E-state index < -0.39 is 23.8 Å². The van der Waals surface area contributed by atoms with Crippen molar-refractivity contribution in [2.45, 2.75) is 25.2 Å². The van der Waals surface area contributed by atoms with Gasteiger partial charge >= 0.3 is 12.1 Å². The van der Waals surface area contributed by atoms with Gasteiger partial charge in [0.2, 0.25) is 5.91 Å². The molecular formula is C23H17F6N3O2. The van der Waals surface area contributed by atoms with E-state index in [2.05, 4.69) is 15.5 Å². The van der Waals surface area contributed by atoms with E-state index in [0.717, 1.165) is 24.3 Å². The molecule has 34 heavy (non-hydrogen) atoms. The molecule has 1 N–H and O–H groups in total. The number of carbonyl (C=O) groups is 1. The van der Waals surface area contributed by atoms with E-state index in [1.807, 2.05) is 0 Å². The summed E-state index contributed by atoms with van der Waals surface area (Å²) >= 11 is 0. The van der Waals surface area contributed by atoms with Crippen LogP contribution in [0.25, 0.3) is 0 Å². The normalized spacial score (nSPS) is 13.0. The summed E-state index contributed by atoms with van der Waals surface area (Å²) in [4.78, 5) is 11.0. The highest BCUT2D eigenvalue weighted by Gasteiger charge is 2.63. The lowest BCUT2D eigenvalue weighted by atomic mass is 10.0. The van der Waals surface area contributed by atoms with Gasteiger partial charge in [0.15, 0.2) is 6.17 Å². The molecule has 1 unspecified atom stereocenters. The number of amides is 1. The third-order valence-corrected chi connectivity index (χ3v) is 4.41. The lowest BCUT2D eigenvalue weighted by Crippen LogP contribution is -2.40. The van der Waals surface area contributed by atoms with Gasteiger partial charge in [0.25, 0.3) is 0 Å². The topological polar surface area (TPSA) is 63.0 Å². The molecular weight excluding hydrogens is 464 g/mol. The van der Waals surface area contributed by atoms with Crippen molar-refractivity contribution in [3.8, 4) is 11.5 Å². The molecule has 178 valence electrons. The maximum absolute atomic E-state index is 13.7. The van der Waals surface area contributed by atoms with E-state index in [-0.39, 0.29) is 11.7 Å². The fraction of sp³-hybridized carbons (Fsp3) is 0.174. The first-order chi connectivity index (χ1) is 16.0. The second kappa shape index (κ2) is 9.94. The van der Waals surface area contributed by atoms with Crippen molar-refractivity contribution >= 4 is 23.0 Å². The van der Waals surface area contributed by atoms with Crippen molar-refractivity contribution in [2.24, 2.45) is 10.2 Å². The Kier molecular flexibility index (Phi) is 7.23. The molecule has 0 saturated heterocycles. The number of nitrogens with one attached hydrogen (secondary N) is 1. The number of benzene rings is 3. The van der Waals surface area contributed by atoms with Gasteiger partial charge in [-0.3, -0.25) is 4.79 Å². The zero-order valence-corrected chi connectivity index (χ0v) is 17.5. The van der Waals surface area contributed by atoms with Gasteiger partial charge in [-0.05, 0) is 66.2 Å².